The summed E-state index contributed by atoms with van der Waals surface area (Å²) in [6.45, 7) is 2.46. The molecule has 5 rings (SSSR count). The lowest BCUT2D eigenvalue weighted by atomic mass is 9.41. The van der Waals surface area contributed by atoms with Gasteiger partial charge in [0.1, 0.15) is 12.9 Å². The summed E-state index contributed by atoms with van der Waals surface area (Å²) >= 11 is 0. The van der Waals surface area contributed by atoms with E-state index in [1.54, 1.807) is 6.08 Å². The van der Waals surface area contributed by atoms with E-state index in [0.29, 0.717) is 38.7 Å². The summed E-state index contributed by atoms with van der Waals surface area (Å²) in [4.78, 5) is 24.1. The number of hydrogen-bond donors (Lipinski definition) is 3. The van der Waals surface area contributed by atoms with Gasteiger partial charge in [-0.3, -0.25) is 0 Å². The fourth-order valence-corrected chi connectivity index (χ4v) is 8.34. The van der Waals surface area contributed by atoms with Crippen molar-refractivity contribution < 1.29 is 29.6 Å². The number of aldehydes is 1. The Morgan fingerprint density at radius 2 is 1.83 bits per heavy atom. The number of ether oxygens (including phenoxy) is 1. The van der Waals surface area contributed by atoms with Gasteiger partial charge in [-0.05, 0) is 74.7 Å². The van der Waals surface area contributed by atoms with Crippen LogP contribution in [0.3, 0.4) is 0 Å². The van der Waals surface area contributed by atoms with Gasteiger partial charge in [0, 0.05) is 17.9 Å². The molecule has 0 aromatic rings. The molecule has 0 bridgehead atoms. The Bertz CT molecular complexity index is 777. The zero-order chi connectivity index (χ0) is 20.7. The minimum absolute atomic E-state index is 0.0504. The normalized spacial score (nSPS) is 54.1. The van der Waals surface area contributed by atoms with Crippen LogP contribution in [-0.4, -0.2) is 51.5 Å². The molecule has 4 saturated carbocycles. The van der Waals surface area contributed by atoms with Gasteiger partial charge in [-0.15, -0.1) is 0 Å². The van der Waals surface area contributed by atoms with Gasteiger partial charge in [0.25, 0.3) is 0 Å². The van der Waals surface area contributed by atoms with E-state index in [1.807, 2.05) is 0 Å². The first-order valence-corrected chi connectivity index (χ1v) is 11.2. The summed E-state index contributed by atoms with van der Waals surface area (Å²) in [6, 6.07) is 0. The highest BCUT2D eigenvalue weighted by atomic mass is 16.5. The maximum absolute atomic E-state index is 12.5. The molecule has 0 aromatic heterocycles. The van der Waals surface area contributed by atoms with E-state index in [0.717, 1.165) is 31.1 Å². The second-order valence-corrected chi connectivity index (χ2v) is 10.6. The third-order valence-corrected chi connectivity index (χ3v) is 9.85. The zero-order valence-corrected chi connectivity index (χ0v) is 17.1. The van der Waals surface area contributed by atoms with Gasteiger partial charge in [-0.2, -0.15) is 0 Å². The molecule has 5 aliphatic rings. The molecular formula is C23H32O6. The van der Waals surface area contributed by atoms with Crippen molar-refractivity contribution in [3.05, 3.63) is 11.6 Å². The van der Waals surface area contributed by atoms with Gasteiger partial charge in [0.05, 0.1) is 22.7 Å². The van der Waals surface area contributed by atoms with Crippen LogP contribution in [-0.2, 0) is 14.3 Å². The van der Waals surface area contributed by atoms with Crippen LogP contribution in [0.5, 0.6) is 0 Å². The molecule has 4 aliphatic carbocycles. The number of fused-ring (bicyclic) bond motifs is 5. The van der Waals surface area contributed by atoms with Crippen LogP contribution in [0, 0.1) is 28.6 Å². The molecule has 0 unspecified atom stereocenters. The predicted octanol–water partition coefficient (Wildman–Crippen LogP) is 1.90. The highest BCUT2D eigenvalue weighted by Gasteiger charge is 2.71. The fraction of sp³-hybridized carbons (Fsp3) is 0.826. The zero-order valence-electron chi connectivity index (χ0n) is 17.1. The van der Waals surface area contributed by atoms with Gasteiger partial charge in [-0.1, -0.05) is 6.92 Å². The summed E-state index contributed by atoms with van der Waals surface area (Å²) in [7, 11) is 0. The molecule has 160 valence electrons. The van der Waals surface area contributed by atoms with Crippen LogP contribution in [0.4, 0.5) is 0 Å². The molecule has 4 fully saturated rings. The number of aliphatic hydroxyl groups is 3. The van der Waals surface area contributed by atoms with Crippen molar-refractivity contribution in [2.24, 2.45) is 28.6 Å². The quantitative estimate of drug-likeness (QED) is 0.480. The highest BCUT2D eigenvalue weighted by Crippen LogP contribution is 2.70. The lowest BCUT2D eigenvalue weighted by molar-refractivity contribution is -0.248. The summed E-state index contributed by atoms with van der Waals surface area (Å²) in [5, 5.41) is 33.7. The lowest BCUT2D eigenvalue weighted by Crippen LogP contribution is -2.68. The van der Waals surface area contributed by atoms with Crippen molar-refractivity contribution in [3.8, 4) is 0 Å². The molecule has 0 radical (unpaired) electrons. The summed E-state index contributed by atoms with van der Waals surface area (Å²) < 4.78 is 5.15. The maximum atomic E-state index is 12.5. The summed E-state index contributed by atoms with van der Waals surface area (Å²) in [6.07, 6.45) is 7.36. The van der Waals surface area contributed by atoms with E-state index in [4.69, 9.17) is 4.74 Å². The maximum Gasteiger partial charge on any atom is 0.331 e. The van der Waals surface area contributed by atoms with E-state index in [1.165, 1.54) is 0 Å². The largest absolute Gasteiger partial charge is 0.458 e. The molecule has 3 N–H and O–H groups in total. The molecule has 0 aromatic carbocycles. The van der Waals surface area contributed by atoms with E-state index in [-0.39, 0.29) is 35.6 Å². The van der Waals surface area contributed by atoms with Gasteiger partial charge in [0.15, 0.2) is 0 Å². The number of esters is 1. The van der Waals surface area contributed by atoms with Crippen LogP contribution in [0.15, 0.2) is 11.6 Å². The van der Waals surface area contributed by atoms with E-state index in [2.05, 4.69) is 6.92 Å². The van der Waals surface area contributed by atoms with Gasteiger partial charge >= 0.3 is 5.97 Å². The molecule has 0 saturated heterocycles. The number of carbonyl (C=O) groups excluding carboxylic acids is 2. The van der Waals surface area contributed by atoms with Crippen molar-refractivity contribution in [2.45, 2.75) is 82.0 Å². The van der Waals surface area contributed by atoms with Crippen LogP contribution in [0.1, 0.15) is 64.7 Å². The molecule has 29 heavy (non-hydrogen) atoms. The first-order chi connectivity index (χ1) is 13.7. The summed E-state index contributed by atoms with van der Waals surface area (Å²) in [5.41, 5.74) is -2.34. The first kappa shape index (κ1) is 19.7. The number of rotatable bonds is 2. The minimum atomic E-state index is -1.18. The van der Waals surface area contributed by atoms with E-state index >= 15 is 0 Å². The fourth-order valence-electron chi connectivity index (χ4n) is 8.34. The Hall–Kier alpha value is -1.24. The standard InChI is InChI=1S/C23H32O6/c1-20-6-3-17-18(4-8-22(27)11-15(25)2-7-21(17,22)13-24)23(20,28)9-5-16(20)14-10-19(26)29-12-14/h10,13,15-18,25,27-28H,2-9,11-12H2,1H3/t15-,16-,17-,18+,20+,21-,22-,23-/m0/s1. The van der Waals surface area contributed by atoms with Gasteiger partial charge in [0.2, 0.25) is 0 Å². The molecule has 0 amide bonds. The molecular weight excluding hydrogens is 372 g/mol. The second-order valence-electron chi connectivity index (χ2n) is 10.6. The monoisotopic (exact) mass is 404 g/mol. The average molecular weight is 405 g/mol. The smallest absolute Gasteiger partial charge is 0.331 e. The SMILES string of the molecule is C[C@]12CC[C@H]3[C@@H](CC[C@]4(O)C[C@@H](O)CC[C@]34C=O)[C@@]1(O)CC[C@H]2C1=CC(=O)OC1. The first-order valence-electron chi connectivity index (χ1n) is 11.2. The molecule has 0 spiro atoms. The van der Waals surface area contributed by atoms with Crippen LogP contribution in [0.2, 0.25) is 0 Å². The van der Waals surface area contributed by atoms with Crippen molar-refractivity contribution in [3.63, 3.8) is 0 Å². The third-order valence-electron chi connectivity index (χ3n) is 9.85. The Kier molecular flexibility index (Phi) is 4.18. The van der Waals surface area contributed by atoms with Gasteiger partial charge in [-0.25, -0.2) is 4.79 Å². The molecule has 1 aliphatic heterocycles. The van der Waals surface area contributed by atoms with Crippen LogP contribution >= 0.6 is 0 Å². The number of aliphatic hydroxyl groups excluding tert-OH is 1. The number of cyclic esters (lactones) is 1. The van der Waals surface area contributed by atoms with Crippen molar-refractivity contribution in [1.82, 2.24) is 0 Å². The molecule has 6 nitrogen and oxygen atoms in total. The Morgan fingerprint density at radius 1 is 1.07 bits per heavy atom. The molecule has 8 atom stereocenters. The average Bonchev–Trinajstić information content (AvgIpc) is 3.21. The summed E-state index contributed by atoms with van der Waals surface area (Å²) in [5.74, 6) is -0.304. The Balaban J connectivity index is 1.52. The lowest BCUT2D eigenvalue weighted by Gasteiger charge is -2.65. The Morgan fingerprint density at radius 3 is 2.52 bits per heavy atom. The predicted molar refractivity (Wildman–Crippen MR) is 104 cm³/mol. The van der Waals surface area contributed by atoms with E-state index < -0.39 is 22.7 Å². The van der Waals surface area contributed by atoms with E-state index in [9.17, 15) is 24.9 Å². The van der Waals surface area contributed by atoms with Crippen molar-refractivity contribution in [2.75, 3.05) is 6.61 Å². The van der Waals surface area contributed by atoms with Crippen molar-refractivity contribution >= 4 is 12.3 Å². The number of hydrogen-bond acceptors (Lipinski definition) is 6. The molecule has 1 heterocycles. The van der Waals surface area contributed by atoms with Gasteiger partial charge < -0.3 is 24.9 Å². The van der Waals surface area contributed by atoms with Crippen LogP contribution < -0.4 is 0 Å². The highest BCUT2D eigenvalue weighted by molar-refractivity contribution is 5.85. The Labute approximate surface area is 171 Å². The topological polar surface area (TPSA) is 104 Å². The minimum Gasteiger partial charge on any atom is -0.458 e. The van der Waals surface area contributed by atoms with Crippen molar-refractivity contribution in [1.29, 1.82) is 0 Å². The third kappa shape index (κ3) is 2.34. The van der Waals surface area contributed by atoms with Crippen LogP contribution in [0.25, 0.3) is 0 Å². The number of carbonyl (C=O) groups is 2. The second kappa shape index (κ2) is 6.14. The molecule has 6 heteroatoms.